The van der Waals surface area contributed by atoms with Gasteiger partial charge >= 0.3 is 0 Å². The van der Waals surface area contributed by atoms with Crippen molar-refractivity contribution < 1.29 is 0 Å². The van der Waals surface area contributed by atoms with Crippen molar-refractivity contribution in [2.45, 2.75) is 6.54 Å². The average molecular weight is 313 g/mol. The largest absolute Gasteiger partial charge is 0.326 e. The van der Waals surface area contributed by atoms with E-state index in [4.69, 9.17) is 5.73 Å². The number of rotatable bonds is 2. The average Bonchev–Trinajstić information content (AvgIpc) is 2.61. The summed E-state index contributed by atoms with van der Waals surface area (Å²) in [5.74, 6) is 0. The molecule has 0 aliphatic carbocycles. The van der Waals surface area contributed by atoms with Crippen LogP contribution in [0, 0.1) is 3.57 Å². The molecule has 0 atom stereocenters. The van der Waals surface area contributed by atoms with Gasteiger partial charge in [0.25, 0.3) is 0 Å². The van der Waals surface area contributed by atoms with Crippen LogP contribution in [0.5, 0.6) is 0 Å². The Labute approximate surface area is 102 Å². The molecule has 0 unspecified atom stereocenters. The first-order valence-electron chi connectivity index (χ1n) is 4.69. The summed E-state index contributed by atoms with van der Waals surface area (Å²) >= 11 is 2.29. The summed E-state index contributed by atoms with van der Waals surface area (Å²) in [6, 6.07) is 8.29. The third-order valence-electron chi connectivity index (χ3n) is 2.24. The number of aromatic nitrogens is 2. The highest BCUT2D eigenvalue weighted by molar-refractivity contribution is 14.1. The molecule has 2 rings (SSSR count). The Hall–Kier alpha value is -0.880. The van der Waals surface area contributed by atoms with Crippen molar-refractivity contribution >= 4 is 22.6 Å². The highest BCUT2D eigenvalue weighted by Gasteiger charge is 2.07. The maximum absolute atomic E-state index is 5.68. The lowest BCUT2D eigenvalue weighted by Crippen LogP contribution is -1.96. The number of benzene rings is 1. The molecule has 2 N–H and O–H groups in total. The predicted octanol–water partition coefficient (Wildman–Crippen LogP) is 2.15. The van der Waals surface area contributed by atoms with Gasteiger partial charge in [0, 0.05) is 34.5 Å². The zero-order valence-electron chi connectivity index (χ0n) is 8.44. The molecule has 1 heterocycles. The van der Waals surface area contributed by atoms with Gasteiger partial charge in [0.1, 0.15) is 0 Å². The van der Waals surface area contributed by atoms with Gasteiger partial charge < -0.3 is 5.73 Å². The standard InChI is InChI=1S/C11H12IN3/c1-15-7-9(6-13)11(14-15)8-2-4-10(12)5-3-8/h2-5,7H,6,13H2,1H3. The Morgan fingerprint density at radius 1 is 1.33 bits per heavy atom. The topological polar surface area (TPSA) is 43.8 Å². The minimum absolute atomic E-state index is 0.523. The van der Waals surface area contributed by atoms with E-state index in [-0.39, 0.29) is 0 Å². The number of aryl methyl sites for hydroxylation is 1. The summed E-state index contributed by atoms with van der Waals surface area (Å²) in [5, 5.41) is 4.42. The summed E-state index contributed by atoms with van der Waals surface area (Å²) in [5.41, 5.74) is 8.86. The molecule has 0 aliphatic rings. The van der Waals surface area contributed by atoms with E-state index in [1.54, 1.807) is 4.68 Å². The molecule has 78 valence electrons. The van der Waals surface area contributed by atoms with Gasteiger partial charge in [-0.3, -0.25) is 4.68 Å². The molecular weight excluding hydrogens is 301 g/mol. The third kappa shape index (κ3) is 2.21. The second-order valence-electron chi connectivity index (χ2n) is 3.39. The summed E-state index contributed by atoms with van der Waals surface area (Å²) in [6.07, 6.45) is 1.97. The first kappa shape index (κ1) is 10.6. The van der Waals surface area contributed by atoms with Crippen LogP contribution in [0.4, 0.5) is 0 Å². The molecule has 0 amide bonds. The summed E-state index contributed by atoms with van der Waals surface area (Å²) in [6.45, 7) is 0.523. The molecule has 3 nitrogen and oxygen atoms in total. The molecule has 0 spiro atoms. The van der Waals surface area contributed by atoms with Crippen molar-refractivity contribution in [2.75, 3.05) is 0 Å². The van der Waals surface area contributed by atoms with Crippen molar-refractivity contribution in [2.24, 2.45) is 12.8 Å². The molecule has 1 aromatic heterocycles. The van der Waals surface area contributed by atoms with E-state index in [1.807, 2.05) is 13.2 Å². The van der Waals surface area contributed by atoms with Crippen molar-refractivity contribution in [3.63, 3.8) is 0 Å². The molecule has 2 aromatic rings. The van der Waals surface area contributed by atoms with Crippen LogP contribution in [0.3, 0.4) is 0 Å². The first-order chi connectivity index (χ1) is 7.20. The molecule has 0 bridgehead atoms. The minimum atomic E-state index is 0.523. The number of hydrogen-bond donors (Lipinski definition) is 1. The fourth-order valence-electron chi connectivity index (χ4n) is 1.54. The predicted molar refractivity (Wildman–Crippen MR) is 69.3 cm³/mol. The summed E-state index contributed by atoms with van der Waals surface area (Å²) < 4.78 is 3.02. The highest BCUT2D eigenvalue weighted by Crippen LogP contribution is 2.22. The summed E-state index contributed by atoms with van der Waals surface area (Å²) in [4.78, 5) is 0. The van der Waals surface area contributed by atoms with E-state index in [0.717, 1.165) is 16.8 Å². The molecule has 0 radical (unpaired) electrons. The number of hydrogen-bond acceptors (Lipinski definition) is 2. The van der Waals surface area contributed by atoms with Crippen molar-refractivity contribution in [3.05, 3.63) is 39.6 Å². The lowest BCUT2D eigenvalue weighted by molar-refractivity contribution is 0.769. The number of nitrogens with two attached hydrogens (primary N) is 1. The maximum atomic E-state index is 5.68. The van der Waals surface area contributed by atoms with Crippen LogP contribution in [0.1, 0.15) is 5.56 Å². The van der Waals surface area contributed by atoms with Gasteiger partial charge in [-0.25, -0.2) is 0 Å². The van der Waals surface area contributed by atoms with Crippen molar-refractivity contribution in [3.8, 4) is 11.3 Å². The van der Waals surface area contributed by atoms with Crippen LogP contribution >= 0.6 is 22.6 Å². The van der Waals surface area contributed by atoms with Gasteiger partial charge in [0.2, 0.25) is 0 Å². The first-order valence-corrected chi connectivity index (χ1v) is 5.77. The zero-order chi connectivity index (χ0) is 10.8. The van der Waals surface area contributed by atoms with Gasteiger partial charge in [-0.05, 0) is 34.7 Å². The van der Waals surface area contributed by atoms with Crippen LogP contribution < -0.4 is 5.73 Å². The smallest absolute Gasteiger partial charge is 0.0967 e. The quantitative estimate of drug-likeness (QED) is 0.864. The Morgan fingerprint density at radius 3 is 2.60 bits per heavy atom. The Balaban J connectivity index is 2.48. The van der Waals surface area contributed by atoms with Gasteiger partial charge in [-0.1, -0.05) is 12.1 Å². The maximum Gasteiger partial charge on any atom is 0.0967 e. The Morgan fingerprint density at radius 2 is 2.00 bits per heavy atom. The Bertz CT molecular complexity index is 459. The van der Waals surface area contributed by atoms with Gasteiger partial charge in [-0.15, -0.1) is 0 Å². The number of halogens is 1. The van der Waals surface area contributed by atoms with Gasteiger partial charge in [-0.2, -0.15) is 5.10 Å². The Kier molecular flexibility index (Phi) is 3.06. The fourth-order valence-corrected chi connectivity index (χ4v) is 1.90. The highest BCUT2D eigenvalue weighted by atomic mass is 127. The van der Waals surface area contributed by atoms with Crippen LogP contribution in [0.25, 0.3) is 11.3 Å². The third-order valence-corrected chi connectivity index (χ3v) is 2.96. The molecule has 0 fully saturated rings. The van der Waals surface area contributed by atoms with Crippen molar-refractivity contribution in [1.29, 1.82) is 0 Å². The monoisotopic (exact) mass is 313 g/mol. The SMILES string of the molecule is Cn1cc(CN)c(-c2ccc(I)cc2)n1. The van der Waals surface area contributed by atoms with Crippen LogP contribution in [0.2, 0.25) is 0 Å². The summed E-state index contributed by atoms with van der Waals surface area (Å²) in [7, 11) is 1.91. The van der Waals surface area contributed by atoms with Crippen LogP contribution in [0.15, 0.2) is 30.5 Å². The van der Waals surface area contributed by atoms with Gasteiger partial charge in [0.05, 0.1) is 5.69 Å². The van der Waals surface area contributed by atoms with E-state index in [2.05, 4.69) is 52.0 Å². The second kappa shape index (κ2) is 4.32. The normalized spacial score (nSPS) is 10.6. The lowest BCUT2D eigenvalue weighted by Gasteiger charge is -1.99. The van der Waals surface area contributed by atoms with Crippen LogP contribution in [-0.4, -0.2) is 9.78 Å². The molecule has 0 saturated carbocycles. The van der Waals surface area contributed by atoms with Crippen molar-refractivity contribution in [1.82, 2.24) is 9.78 Å². The van der Waals surface area contributed by atoms with E-state index in [9.17, 15) is 0 Å². The minimum Gasteiger partial charge on any atom is -0.326 e. The van der Waals surface area contributed by atoms with Gasteiger partial charge in [0.15, 0.2) is 0 Å². The molecular formula is C11H12IN3. The van der Waals surface area contributed by atoms with E-state index in [0.29, 0.717) is 6.54 Å². The molecule has 1 aromatic carbocycles. The fraction of sp³-hybridized carbons (Fsp3) is 0.182. The molecule has 15 heavy (non-hydrogen) atoms. The molecule has 0 saturated heterocycles. The molecule has 0 aliphatic heterocycles. The van der Waals surface area contributed by atoms with Crippen LogP contribution in [-0.2, 0) is 13.6 Å². The lowest BCUT2D eigenvalue weighted by atomic mass is 10.1. The second-order valence-corrected chi connectivity index (χ2v) is 4.63. The van der Waals surface area contributed by atoms with E-state index in [1.165, 1.54) is 3.57 Å². The van der Waals surface area contributed by atoms with E-state index < -0.39 is 0 Å². The molecule has 4 heteroatoms. The zero-order valence-corrected chi connectivity index (χ0v) is 10.6. The van der Waals surface area contributed by atoms with E-state index >= 15 is 0 Å². The number of nitrogens with zero attached hydrogens (tertiary/aromatic N) is 2.